The molecule has 2 atom stereocenters. The lowest BCUT2D eigenvalue weighted by Gasteiger charge is -2.23. The van der Waals surface area contributed by atoms with Crippen LogP contribution in [-0.2, 0) is 14.8 Å². The topological polar surface area (TPSA) is 75.7 Å². The van der Waals surface area contributed by atoms with E-state index in [2.05, 4.69) is 5.32 Å². The van der Waals surface area contributed by atoms with Crippen molar-refractivity contribution in [3.05, 3.63) is 53.6 Å². The van der Waals surface area contributed by atoms with Gasteiger partial charge in [0, 0.05) is 18.2 Å². The highest BCUT2D eigenvalue weighted by Gasteiger charge is 2.75. The van der Waals surface area contributed by atoms with Gasteiger partial charge in [-0.3, -0.25) is 9.10 Å². The van der Waals surface area contributed by atoms with E-state index in [-0.39, 0.29) is 5.92 Å². The number of carbonyl (C=O) groups is 1. The van der Waals surface area contributed by atoms with E-state index in [1.54, 1.807) is 42.5 Å². The van der Waals surface area contributed by atoms with Gasteiger partial charge in [-0.2, -0.15) is 0 Å². The molecule has 0 spiro atoms. The number of anilines is 2. The predicted molar refractivity (Wildman–Crippen MR) is 100 cm³/mol. The minimum atomic E-state index is -3.79. The van der Waals surface area contributed by atoms with E-state index in [0.29, 0.717) is 35.1 Å². The van der Waals surface area contributed by atoms with Gasteiger partial charge in [0.2, 0.25) is 15.9 Å². The Morgan fingerprint density at radius 2 is 2.00 bits per heavy atom. The van der Waals surface area contributed by atoms with E-state index in [9.17, 15) is 13.2 Å². The van der Waals surface area contributed by atoms with Gasteiger partial charge in [0.1, 0.15) is 5.75 Å². The maximum atomic E-state index is 13.1. The standard InChI is InChI=1S/C18H17ClN2O4S/c1-25-16-8-7-13(9-15(16)19)20-17(22)18-10-12(18)11-21(26(18,23)24)14-5-3-2-4-6-14/h2-9,12H,10-11H2,1H3,(H,20,22)/t12-,18-/m1/s1. The van der Waals surface area contributed by atoms with Crippen molar-refractivity contribution in [1.29, 1.82) is 0 Å². The van der Waals surface area contributed by atoms with Crippen LogP contribution in [0, 0.1) is 5.92 Å². The van der Waals surface area contributed by atoms with Crippen LogP contribution in [0.1, 0.15) is 6.42 Å². The van der Waals surface area contributed by atoms with Crippen LogP contribution in [0.5, 0.6) is 5.75 Å². The summed E-state index contributed by atoms with van der Waals surface area (Å²) in [4.78, 5) is 12.8. The number of amides is 1. The third kappa shape index (κ3) is 2.38. The van der Waals surface area contributed by atoms with Crippen LogP contribution >= 0.6 is 11.6 Å². The molecule has 2 fully saturated rings. The number of nitrogens with one attached hydrogen (secondary N) is 1. The van der Waals surface area contributed by atoms with Crippen LogP contribution in [0.15, 0.2) is 48.5 Å². The Morgan fingerprint density at radius 1 is 1.27 bits per heavy atom. The van der Waals surface area contributed by atoms with E-state index in [4.69, 9.17) is 16.3 Å². The van der Waals surface area contributed by atoms with Crippen molar-refractivity contribution in [1.82, 2.24) is 0 Å². The second-order valence-electron chi connectivity index (χ2n) is 6.47. The van der Waals surface area contributed by atoms with Gasteiger partial charge in [-0.15, -0.1) is 0 Å². The number of hydrogen-bond acceptors (Lipinski definition) is 4. The van der Waals surface area contributed by atoms with Gasteiger partial charge in [0.05, 0.1) is 17.8 Å². The van der Waals surface area contributed by atoms with Crippen LogP contribution in [0.3, 0.4) is 0 Å². The Labute approximate surface area is 156 Å². The Bertz CT molecular complexity index is 980. The largest absolute Gasteiger partial charge is 0.495 e. The minimum absolute atomic E-state index is 0.207. The first-order valence-corrected chi connectivity index (χ1v) is 9.94. The fourth-order valence-electron chi connectivity index (χ4n) is 3.54. The molecular weight excluding hydrogens is 376 g/mol. The number of para-hydroxylation sites is 1. The number of ether oxygens (including phenoxy) is 1. The molecule has 1 aliphatic carbocycles. The molecule has 2 aliphatic rings. The molecule has 4 rings (SSSR count). The lowest BCUT2D eigenvalue weighted by Crippen LogP contribution is -2.42. The van der Waals surface area contributed by atoms with Crippen LogP contribution in [-0.4, -0.2) is 32.7 Å². The first-order chi connectivity index (χ1) is 12.4. The van der Waals surface area contributed by atoms with E-state index >= 15 is 0 Å². The summed E-state index contributed by atoms with van der Waals surface area (Å²) in [5.41, 5.74) is 1.02. The molecular formula is C18H17ClN2O4S. The molecule has 0 bridgehead atoms. The van der Waals surface area contributed by atoms with Gasteiger partial charge < -0.3 is 10.1 Å². The molecule has 2 aromatic carbocycles. The van der Waals surface area contributed by atoms with Gasteiger partial charge in [-0.05, 0) is 36.8 Å². The van der Waals surface area contributed by atoms with Gasteiger partial charge in [0.15, 0.2) is 4.75 Å². The lowest BCUT2D eigenvalue weighted by atomic mass is 10.2. The maximum Gasteiger partial charge on any atom is 0.250 e. The third-order valence-electron chi connectivity index (χ3n) is 5.02. The molecule has 0 aromatic heterocycles. The summed E-state index contributed by atoms with van der Waals surface area (Å²) in [5, 5.41) is 3.04. The maximum absolute atomic E-state index is 13.1. The van der Waals surface area contributed by atoms with Gasteiger partial charge in [-0.1, -0.05) is 29.8 Å². The van der Waals surface area contributed by atoms with Crippen molar-refractivity contribution in [3.63, 3.8) is 0 Å². The zero-order valence-electron chi connectivity index (χ0n) is 14.0. The number of rotatable bonds is 4. The molecule has 1 amide bonds. The zero-order valence-corrected chi connectivity index (χ0v) is 15.5. The van der Waals surface area contributed by atoms with Crippen molar-refractivity contribution >= 4 is 38.9 Å². The monoisotopic (exact) mass is 392 g/mol. The second-order valence-corrected chi connectivity index (χ2v) is 8.99. The molecule has 136 valence electrons. The van der Waals surface area contributed by atoms with Crippen LogP contribution in [0.25, 0.3) is 0 Å². The van der Waals surface area contributed by atoms with Crippen molar-refractivity contribution in [2.45, 2.75) is 11.2 Å². The molecule has 1 aliphatic heterocycles. The highest BCUT2D eigenvalue weighted by Crippen LogP contribution is 2.58. The zero-order chi connectivity index (χ0) is 18.5. The predicted octanol–water partition coefficient (Wildman–Crippen LogP) is 2.90. The summed E-state index contributed by atoms with van der Waals surface area (Å²) in [6.45, 7) is 0.323. The third-order valence-corrected chi connectivity index (χ3v) is 7.87. The first-order valence-electron chi connectivity index (χ1n) is 8.12. The average molecular weight is 393 g/mol. The molecule has 6 nitrogen and oxygen atoms in total. The van der Waals surface area contributed by atoms with Crippen molar-refractivity contribution in [3.8, 4) is 5.75 Å². The Balaban J connectivity index is 1.60. The van der Waals surface area contributed by atoms with Gasteiger partial charge >= 0.3 is 0 Å². The van der Waals surface area contributed by atoms with E-state index in [1.807, 2.05) is 6.07 Å². The number of sulfonamides is 1. The summed E-state index contributed by atoms with van der Waals surface area (Å²) in [6.07, 6.45) is 0.342. The van der Waals surface area contributed by atoms with Crippen LogP contribution < -0.4 is 14.4 Å². The van der Waals surface area contributed by atoms with Crippen molar-refractivity contribution in [2.75, 3.05) is 23.3 Å². The quantitative estimate of drug-likeness (QED) is 0.868. The normalized spacial score (nSPS) is 25.5. The minimum Gasteiger partial charge on any atom is -0.495 e. The van der Waals surface area contributed by atoms with Crippen LogP contribution in [0.4, 0.5) is 11.4 Å². The summed E-state index contributed by atoms with van der Waals surface area (Å²) < 4.78 is 31.2. The average Bonchev–Trinajstić information content (AvgIpc) is 3.31. The fourth-order valence-corrected chi connectivity index (χ4v) is 6.16. The molecule has 26 heavy (non-hydrogen) atoms. The summed E-state index contributed by atoms with van der Waals surface area (Å²) in [7, 11) is -2.29. The SMILES string of the molecule is COc1ccc(NC(=O)[C@@]23C[C@@H]2CN(c2ccccc2)S3(=O)=O)cc1Cl. The fraction of sp³-hybridized carbons (Fsp3) is 0.278. The molecule has 0 radical (unpaired) electrons. The number of nitrogens with zero attached hydrogens (tertiary/aromatic N) is 1. The number of methoxy groups -OCH3 is 1. The van der Waals surface area contributed by atoms with Crippen molar-refractivity contribution < 1.29 is 17.9 Å². The molecule has 1 saturated heterocycles. The summed E-state index contributed by atoms with van der Waals surface area (Å²) in [5.74, 6) is -0.237. The molecule has 1 heterocycles. The van der Waals surface area contributed by atoms with E-state index in [1.165, 1.54) is 11.4 Å². The number of halogens is 1. The summed E-state index contributed by atoms with van der Waals surface area (Å²) in [6, 6.07) is 13.6. The first kappa shape index (κ1) is 17.2. The second kappa shape index (κ2) is 5.89. The Hall–Kier alpha value is -2.25. The number of fused-ring (bicyclic) bond motifs is 1. The molecule has 8 heteroatoms. The van der Waals surface area contributed by atoms with Gasteiger partial charge in [-0.25, -0.2) is 8.42 Å². The van der Waals surface area contributed by atoms with Gasteiger partial charge in [0.25, 0.3) is 0 Å². The molecule has 1 N–H and O–H groups in total. The highest BCUT2D eigenvalue weighted by atomic mass is 35.5. The number of hydrogen-bond donors (Lipinski definition) is 1. The van der Waals surface area contributed by atoms with E-state index < -0.39 is 20.7 Å². The Morgan fingerprint density at radius 3 is 2.65 bits per heavy atom. The number of carbonyl (C=O) groups excluding carboxylic acids is 1. The number of benzene rings is 2. The van der Waals surface area contributed by atoms with E-state index in [0.717, 1.165) is 0 Å². The molecule has 2 aromatic rings. The lowest BCUT2D eigenvalue weighted by molar-refractivity contribution is -0.116. The smallest absolute Gasteiger partial charge is 0.250 e. The molecule has 0 unspecified atom stereocenters. The Kier molecular flexibility index (Phi) is 3.89. The highest BCUT2D eigenvalue weighted by molar-refractivity contribution is 7.95. The summed E-state index contributed by atoms with van der Waals surface area (Å²) >= 11 is 6.07. The molecule has 1 saturated carbocycles. The van der Waals surface area contributed by atoms with Crippen molar-refractivity contribution in [2.24, 2.45) is 5.92 Å². The van der Waals surface area contributed by atoms with Crippen LogP contribution in [0.2, 0.25) is 5.02 Å².